The zero-order chi connectivity index (χ0) is 19.4. The van der Waals surface area contributed by atoms with E-state index in [0.717, 1.165) is 11.3 Å². The summed E-state index contributed by atoms with van der Waals surface area (Å²) in [6, 6.07) is 14.5. The summed E-state index contributed by atoms with van der Waals surface area (Å²) < 4.78 is 1.92. The van der Waals surface area contributed by atoms with Crippen LogP contribution >= 0.6 is 11.8 Å². The van der Waals surface area contributed by atoms with Crippen LogP contribution in [0.5, 0.6) is 0 Å². The number of hydrogen-bond donors (Lipinski definition) is 1. The van der Waals surface area contributed by atoms with E-state index in [2.05, 4.69) is 10.3 Å². The number of nitrogens with one attached hydrogen (secondary N) is 1. The highest BCUT2D eigenvalue weighted by atomic mass is 32.2. The van der Waals surface area contributed by atoms with Gasteiger partial charge in [0, 0.05) is 13.1 Å². The fraction of sp³-hybridized carbons (Fsp3) is 0.158. The number of imidazole rings is 1. The van der Waals surface area contributed by atoms with Gasteiger partial charge in [-0.3, -0.25) is 14.9 Å². The Kier molecular flexibility index (Phi) is 5.56. The Balaban J connectivity index is 1.69. The summed E-state index contributed by atoms with van der Waals surface area (Å²) >= 11 is 1.28. The van der Waals surface area contributed by atoms with Gasteiger partial charge in [0.05, 0.1) is 22.6 Å². The quantitative estimate of drug-likeness (QED) is 0.395. The Hall–Kier alpha value is -3.13. The number of amides is 1. The number of thioether (sulfide) groups is 1. The summed E-state index contributed by atoms with van der Waals surface area (Å²) in [5, 5.41) is 14.5. The van der Waals surface area contributed by atoms with Crippen molar-refractivity contribution in [3.05, 3.63) is 70.4 Å². The molecule has 2 aromatic carbocycles. The van der Waals surface area contributed by atoms with Crippen LogP contribution in [0.1, 0.15) is 5.56 Å². The predicted octanol–water partition coefficient (Wildman–Crippen LogP) is 4.03. The largest absolute Gasteiger partial charge is 0.322 e. The molecule has 27 heavy (non-hydrogen) atoms. The number of aryl methyl sites for hydroxylation is 1. The third-order valence-corrected chi connectivity index (χ3v) is 5.10. The molecule has 3 rings (SSSR count). The van der Waals surface area contributed by atoms with Crippen molar-refractivity contribution >= 4 is 29.0 Å². The van der Waals surface area contributed by atoms with Crippen molar-refractivity contribution in [3.8, 4) is 11.3 Å². The first-order chi connectivity index (χ1) is 13.0. The third-order valence-electron chi connectivity index (χ3n) is 4.06. The van der Waals surface area contributed by atoms with Crippen LogP contribution in [0, 0.1) is 17.0 Å². The molecule has 1 heterocycles. The number of aromatic nitrogens is 2. The van der Waals surface area contributed by atoms with Crippen molar-refractivity contribution in [2.45, 2.75) is 12.1 Å². The highest BCUT2D eigenvalue weighted by molar-refractivity contribution is 7.99. The van der Waals surface area contributed by atoms with Crippen molar-refractivity contribution in [3.63, 3.8) is 0 Å². The molecular formula is C19H18N4O3S. The predicted molar refractivity (Wildman–Crippen MR) is 106 cm³/mol. The van der Waals surface area contributed by atoms with E-state index in [4.69, 9.17) is 0 Å². The van der Waals surface area contributed by atoms with Crippen molar-refractivity contribution in [1.82, 2.24) is 9.55 Å². The molecule has 0 aliphatic rings. The first-order valence-electron chi connectivity index (χ1n) is 8.21. The van der Waals surface area contributed by atoms with Gasteiger partial charge in [0.25, 0.3) is 5.69 Å². The normalized spacial score (nSPS) is 10.6. The number of anilines is 1. The van der Waals surface area contributed by atoms with Gasteiger partial charge >= 0.3 is 0 Å². The maximum Gasteiger partial charge on any atom is 0.293 e. The lowest BCUT2D eigenvalue weighted by Crippen LogP contribution is -2.16. The molecule has 3 aromatic rings. The lowest BCUT2D eigenvalue weighted by Gasteiger charge is -2.09. The number of hydrogen-bond acceptors (Lipinski definition) is 5. The van der Waals surface area contributed by atoms with E-state index in [1.54, 1.807) is 25.3 Å². The van der Waals surface area contributed by atoms with E-state index < -0.39 is 4.92 Å². The minimum Gasteiger partial charge on any atom is -0.322 e. The SMILES string of the molecule is Cc1cccc([N+](=O)[O-])c1NC(=O)CSc1ncc(-c2ccccc2)n1C. The molecule has 1 amide bonds. The molecule has 0 fully saturated rings. The molecule has 138 valence electrons. The van der Waals surface area contributed by atoms with Crippen LogP contribution in [0.15, 0.2) is 59.9 Å². The second kappa shape index (κ2) is 8.05. The maximum atomic E-state index is 12.3. The monoisotopic (exact) mass is 382 g/mol. The fourth-order valence-electron chi connectivity index (χ4n) is 2.68. The van der Waals surface area contributed by atoms with Crippen LogP contribution in [0.25, 0.3) is 11.3 Å². The Morgan fingerprint density at radius 3 is 2.67 bits per heavy atom. The average Bonchev–Trinajstić information content (AvgIpc) is 3.02. The zero-order valence-corrected chi connectivity index (χ0v) is 15.7. The van der Waals surface area contributed by atoms with Gasteiger partial charge in [-0.2, -0.15) is 0 Å². The summed E-state index contributed by atoms with van der Waals surface area (Å²) in [7, 11) is 1.89. The van der Waals surface area contributed by atoms with Gasteiger partial charge in [-0.05, 0) is 18.1 Å². The topological polar surface area (TPSA) is 90.1 Å². The van der Waals surface area contributed by atoms with Gasteiger partial charge in [0.15, 0.2) is 5.16 Å². The smallest absolute Gasteiger partial charge is 0.293 e. The summed E-state index contributed by atoms with van der Waals surface area (Å²) in [4.78, 5) is 27.3. The Morgan fingerprint density at radius 1 is 1.22 bits per heavy atom. The number of carbonyl (C=O) groups is 1. The molecule has 1 N–H and O–H groups in total. The lowest BCUT2D eigenvalue weighted by atomic mass is 10.1. The number of rotatable bonds is 6. The zero-order valence-electron chi connectivity index (χ0n) is 14.9. The molecule has 0 radical (unpaired) electrons. The molecule has 0 bridgehead atoms. The van der Waals surface area contributed by atoms with Crippen molar-refractivity contribution in [2.75, 3.05) is 11.1 Å². The summed E-state index contributed by atoms with van der Waals surface area (Å²) in [5.41, 5.74) is 2.76. The molecule has 0 saturated heterocycles. The molecule has 8 heteroatoms. The van der Waals surface area contributed by atoms with Crippen LogP contribution in [-0.4, -0.2) is 26.1 Å². The van der Waals surface area contributed by atoms with E-state index in [-0.39, 0.29) is 23.0 Å². The van der Waals surface area contributed by atoms with Crippen molar-refractivity contribution < 1.29 is 9.72 Å². The van der Waals surface area contributed by atoms with Crippen molar-refractivity contribution in [2.24, 2.45) is 7.05 Å². The first kappa shape index (κ1) is 18.7. The first-order valence-corrected chi connectivity index (χ1v) is 9.19. The van der Waals surface area contributed by atoms with Crippen LogP contribution in [0.2, 0.25) is 0 Å². The summed E-state index contributed by atoms with van der Waals surface area (Å²) in [6.07, 6.45) is 1.77. The molecule has 0 atom stereocenters. The Bertz CT molecular complexity index is 986. The van der Waals surface area contributed by atoms with Crippen LogP contribution < -0.4 is 5.32 Å². The number of nitrogens with zero attached hydrogens (tertiary/aromatic N) is 3. The van der Waals surface area contributed by atoms with E-state index in [1.807, 2.05) is 41.9 Å². The molecule has 0 aliphatic heterocycles. The van der Waals surface area contributed by atoms with Crippen LogP contribution in [-0.2, 0) is 11.8 Å². The highest BCUT2D eigenvalue weighted by Crippen LogP contribution is 2.28. The molecule has 1 aromatic heterocycles. The minimum atomic E-state index is -0.499. The number of nitro benzene ring substituents is 1. The molecule has 0 aliphatic carbocycles. The van der Waals surface area contributed by atoms with Gasteiger partial charge in [0.1, 0.15) is 5.69 Å². The van der Waals surface area contributed by atoms with E-state index in [0.29, 0.717) is 10.7 Å². The van der Waals surface area contributed by atoms with Crippen LogP contribution in [0.4, 0.5) is 11.4 Å². The average molecular weight is 382 g/mol. The maximum absolute atomic E-state index is 12.3. The lowest BCUT2D eigenvalue weighted by molar-refractivity contribution is -0.384. The van der Waals surface area contributed by atoms with Gasteiger partial charge < -0.3 is 9.88 Å². The molecule has 7 nitrogen and oxygen atoms in total. The van der Waals surface area contributed by atoms with E-state index >= 15 is 0 Å². The van der Waals surface area contributed by atoms with E-state index in [1.165, 1.54) is 17.8 Å². The standard InChI is InChI=1S/C19H18N4O3S/c1-13-7-6-10-15(23(25)26)18(13)21-17(24)12-27-19-20-11-16(22(19)2)14-8-4-3-5-9-14/h3-11H,12H2,1-2H3,(H,21,24). The number of nitro groups is 1. The summed E-state index contributed by atoms with van der Waals surface area (Å²) in [6.45, 7) is 1.72. The number of benzene rings is 2. The number of carbonyl (C=O) groups excluding carboxylic acids is 1. The van der Waals surface area contributed by atoms with Crippen LogP contribution in [0.3, 0.4) is 0 Å². The van der Waals surface area contributed by atoms with Gasteiger partial charge in [-0.25, -0.2) is 4.98 Å². The summed E-state index contributed by atoms with van der Waals surface area (Å²) in [5.74, 6) is -0.216. The molecule has 0 spiro atoms. The second-order valence-corrected chi connectivity index (χ2v) is 6.86. The highest BCUT2D eigenvalue weighted by Gasteiger charge is 2.18. The molecule has 0 unspecified atom stereocenters. The molecular weight excluding hydrogens is 364 g/mol. The second-order valence-electron chi connectivity index (χ2n) is 5.91. The fourth-order valence-corrected chi connectivity index (χ4v) is 3.43. The molecule has 0 saturated carbocycles. The van der Waals surface area contributed by atoms with Gasteiger partial charge in [0.2, 0.25) is 5.91 Å². The van der Waals surface area contributed by atoms with Crippen molar-refractivity contribution in [1.29, 1.82) is 0 Å². The van der Waals surface area contributed by atoms with E-state index in [9.17, 15) is 14.9 Å². The minimum absolute atomic E-state index is 0.102. The Morgan fingerprint density at radius 2 is 1.96 bits per heavy atom. The number of para-hydroxylation sites is 1. The third kappa shape index (κ3) is 4.17. The van der Waals surface area contributed by atoms with Gasteiger partial charge in [-0.1, -0.05) is 54.2 Å². The Labute approximate surface area is 160 Å². The van der Waals surface area contributed by atoms with Gasteiger partial charge in [-0.15, -0.1) is 0 Å².